The predicted molar refractivity (Wildman–Crippen MR) is 92.9 cm³/mol. The van der Waals surface area contributed by atoms with Gasteiger partial charge < -0.3 is 16.0 Å². The molecule has 3 N–H and O–H groups in total. The summed E-state index contributed by atoms with van der Waals surface area (Å²) in [6.07, 6.45) is 3.42. The molecule has 2 atom stereocenters. The Hall–Kier alpha value is -1.69. The monoisotopic (exact) mass is 333 g/mol. The molecule has 3 rings (SSSR count). The molecule has 1 aromatic rings. The van der Waals surface area contributed by atoms with Crippen LogP contribution in [0.5, 0.6) is 0 Å². The van der Waals surface area contributed by atoms with Crippen molar-refractivity contribution < 1.29 is 9.59 Å². The second-order valence-corrected chi connectivity index (χ2v) is 7.14. The van der Waals surface area contributed by atoms with Crippen molar-refractivity contribution in [3.8, 4) is 0 Å². The summed E-state index contributed by atoms with van der Waals surface area (Å²) in [5.41, 5.74) is 9.02. The number of nitrogens with one attached hydrogen (secondary N) is 1. The fraction of sp³-hybridized carbons (Fsp3) is 0.529. The molecule has 1 aromatic carbocycles. The van der Waals surface area contributed by atoms with E-state index in [1.807, 2.05) is 25.1 Å². The molecule has 124 valence electrons. The third-order valence-corrected chi connectivity index (χ3v) is 5.62. The van der Waals surface area contributed by atoms with Gasteiger partial charge in [0.15, 0.2) is 0 Å². The maximum Gasteiger partial charge on any atom is 0.244 e. The van der Waals surface area contributed by atoms with Gasteiger partial charge in [0.1, 0.15) is 6.04 Å². The molecule has 23 heavy (non-hydrogen) atoms. The van der Waals surface area contributed by atoms with Crippen LogP contribution in [-0.4, -0.2) is 34.4 Å². The number of hydrogen-bond acceptors (Lipinski definition) is 4. The fourth-order valence-electron chi connectivity index (χ4n) is 3.36. The molecule has 6 heteroatoms. The first-order chi connectivity index (χ1) is 11.1. The van der Waals surface area contributed by atoms with Crippen molar-refractivity contribution in [2.45, 2.75) is 44.7 Å². The van der Waals surface area contributed by atoms with Crippen molar-refractivity contribution in [1.29, 1.82) is 0 Å². The van der Waals surface area contributed by atoms with Crippen LogP contribution in [0.2, 0.25) is 0 Å². The number of amides is 2. The average molecular weight is 333 g/mol. The van der Waals surface area contributed by atoms with Crippen molar-refractivity contribution in [3.63, 3.8) is 0 Å². The van der Waals surface area contributed by atoms with E-state index in [0.29, 0.717) is 18.1 Å². The summed E-state index contributed by atoms with van der Waals surface area (Å²) in [5.74, 6) is 1.31. The Morgan fingerprint density at radius 2 is 2.26 bits per heavy atom. The molecule has 1 aliphatic carbocycles. The Morgan fingerprint density at radius 1 is 1.43 bits per heavy atom. The van der Waals surface area contributed by atoms with E-state index in [0.717, 1.165) is 30.5 Å². The molecule has 0 aromatic heterocycles. The van der Waals surface area contributed by atoms with Crippen LogP contribution >= 0.6 is 11.8 Å². The number of nitrogens with zero attached hydrogens (tertiary/aromatic N) is 1. The lowest BCUT2D eigenvalue weighted by molar-refractivity contribution is -0.138. The summed E-state index contributed by atoms with van der Waals surface area (Å²) in [7, 11) is 0. The molecule has 1 aliphatic heterocycles. The second kappa shape index (κ2) is 6.83. The third-order valence-electron chi connectivity index (χ3n) is 4.61. The van der Waals surface area contributed by atoms with Crippen molar-refractivity contribution in [2.75, 3.05) is 17.4 Å². The van der Waals surface area contributed by atoms with Crippen LogP contribution in [0.4, 0.5) is 5.69 Å². The smallest absolute Gasteiger partial charge is 0.244 e. The molecule has 0 bridgehead atoms. The molecular formula is C17H23N3O2S. The first kappa shape index (κ1) is 16.2. The number of carbonyl (C=O) groups excluding carboxylic acids is 2. The Balaban J connectivity index is 1.73. The summed E-state index contributed by atoms with van der Waals surface area (Å²) >= 11 is 1.64. The molecular weight excluding hydrogens is 310 g/mol. The standard InChI is InChI=1S/C17H23N3O2S/c1-2-16(21)20-10-23-9-15(20)17(22)19-14-5-3-4-11-8-12(18)6-7-13(11)14/h6-8,14-15H,2-5,9-10,18H2,1H3,(H,19,22). The molecule has 5 nitrogen and oxygen atoms in total. The van der Waals surface area contributed by atoms with Gasteiger partial charge in [0.25, 0.3) is 0 Å². The predicted octanol–water partition coefficient (Wildman–Crippen LogP) is 2.07. The topological polar surface area (TPSA) is 75.4 Å². The molecule has 1 heterocycles. The van der Waals surface area contributed by atoms with Gasteiger partial charge >= 0.3 is 0 Å². The van der Waals surface area contributed by atoms with Gasteiger partial charge in [-0.1, -0.05) is 13.0 Å². The zero-order chi connectivity index (χ0) is 16.4. The van der Waals surface area contributed by atoms with Gasteiger partial charge in [-0.05, 0) is 42.5 Å². The van der Waals surface area contributed by atoms with Gasteiger partial charge in [0.05, 0.1) is 11.9 Å². The second-order valence-electron chi connectivity index (χ2n) is 6.14. The van der Waals surface area contributed by atoms with E-state index in [9.17, 15) is 9.59 Å². The first-order valence-electron chi connectivity index (χ1n) is 8.16. The highest BCUT2D eigenvalue weighted by Gasteiger charge is 2.35. The lowest BCUT2D eigenvalue weighted by Gasteiger charge is -2.29. The highest BCUT2D eigenvalue weighted by molar-refractivity contribution is 7.99. The number of thioether (sulfide) groups is 1. The van der Waals surface area contributed by atoms with Gasteiger partial charge in [-0.25, -0.2) is 0 Å². The Bertz CT molecular complexity index is 620. The zero-order valence-electron chi connectivity index (χ0n) is 13.4. The number of rotatable bonds is 3. The molecule has 1 fully saturated rings. The minimum Gasteiger partial charge on any atom is -0.399 e. The van der Waals surface area contributed by atoms with Crippen molar-refractivity contribution in [2.24, 2.45) is 0 Å². The zero-order valence-corrected chi connectivity index (χ0v) is 14.2. The Kier molecular flexibility index (Phi) is 4.80. The number of nitrogen functional groups attached to an aromatic ring is 1. The number of benzene rings is 1. The minimum atomic E-state index is -0.341. The number of anilines is 1. The summed E-state index contributed by atoms with van der Waals surface area (Å²) in [6.45, 7) is 1.84. The van der Waals surface area contributed by atoms with Crippen LogP contribution in [-0.2, 0) is 16.0 Å². The van der Waals surface area contributed by atoms with Crippen LogP contribution in [0.15, 0.2) is 18.2 Å². The number of hydrogen-bond donors (Lipinski definition) is 2. The van der Waals surface area contributed by atoms with Crippen molar-refractivity contribution in [1.82, 2.24) is 10.2 Å². The van der Waals surface area contributed by atoms with Gasteiger partial charge in [0, 0.05) is 17.9 Å². The van der Waals surface area contributed by atoms with Crippen LogP contribution < -0.4 is 11.1 Å². The lowest BCUT2D eigenvalue weighted by Crippen LogP contribution is -2.48. The van der Waals surface area contributed by atoms with E-state index in [2.05, 4.69) is 5.32 Å². The molecule has 1 saturated heterocycles. The largest absolute Gasteiger partial charge is 0.399 e. The molecule has 0 radical (unpaired) electrons. The highest BCUT2D eigenvalue weighted by Crippen LogP contribution is 2.31. The first-order valence-corrected chi connectivity index (χ1v) is 9.31. The molecule has 2 aliphatic rings. The van der Waals surface area contributed by atoms with Crippen LogP contribution in [0.25, 0.3) is 0 Å². The van der Waals surface area contributed by atoms with Gasteiger partial charge in [-0.15, -0.1) is 11.8 Å². The molecule has 2 amide bonds. The minimum absolute atomic E-state index is 0.0241. The van der Waals surface area contributed by atoms with E-state index in [-0.39, 0.29) is 23.9 Å². The Labute approximate surface area is 141 Å². The summed E-state index contributed by atoms with van der Waals surface area (Å²) in [6, 6.07) is 5.60. The summed E-state index contributed by atoms with van der Waals surface area (Å²) < 4.78 is 0. The highest BCUT2D eigenvalue weighted by atomic mass is 32.2. The maximum absolute atomic E-state index is 12.7. The summed E-state index contributed by atoms with van der Waals surface area (Å²) in [4.78, 5) is 26.4. The number of carbonyl (C=O) groups is 2. The molecule has 0 saturated carbocycles. The molecule has 0 spiro atoms. The Morgan fingerprint density at radius 3 is 3.04 bits per heavy atom. The van der Waals surface area contributed by atoms with Gasteiger partial charge in [-0.3, -0.25) is 9.59 Å². The number of fused-ring (bicyclic) bond motifs is 1. The SMILES string of the molecule is CCC(=O)N1CSCC1C(=O)NC1CCCc2cc(N)ccc21. The van der Waals surface area contributed by atoms with E-state index < -0.39 is 0 Å². The maximum atomic E-state index is 12.7. The molecule has 2 unspecified atom stereocenters. The van der Waals surface area contributed by atoms with Gasteiger partial charge in [0.2, 0.25) is 11.8 Å². The van der Waals surface area contributed by atoms with Crippen molar-refractivity contribution in [3.05, 3.63) is 29.3 Å². The quantitative estimate of drug-likeness (QED) is 0.831. The van der Waals surface area contributed by atoms with E-state index in [1.54, 1.807) is 16.7 Å². The third kappa shape index (κ3) is 3.32. The number of aryl methyl sites for hydroxylation is 1. The normalized spacial score (nSPS) is 23.4. The summed E-state index contributed by atoms with van der Waals surface area (Å²) in [5, 5.41) is 3.16. The van der Waals surface area contributed by atoms with Gasteiger partial charge in [-0.2, -0.15) is 0 Å². The number of nitrogens with two attached hydrogens (primary N) is 1. The van der Waals surface area contributed by atoms with Crippen LogP contribution in [0.3, 0.4) is 0 Å². The van der Waals surface area contributed by atoms with E-state index >= 15 is 0 Å². The van der Waals surface area contributed by atoms with Crippen molar-refractivity contribution >= 4 is 29.3 Å². The van der Waals surface area contributed by atoms with Crippen LogP contribution in [0, 0.1) is 0 Å². The lowest BCUT2D eigenvalue weighted by atomic mass is 9.87. The van der Waals surface area contributed by atoms with E-state index in [4.69, 9.17) is 5.73 Å². The fourth-order valence-corrected chi connectivity index (χ4v) is 4.54. The van der Waals surface area contributed by atoms with E-state index in [1.165, 1.54) is 5.56 Å². The average Bonchev–Trinajstić information content (AvgIpc) is 3.03. The van der Waals surface area contributed by atoms with Crippen LogP contribution in [0.1, 0.15) is 43.4 Å².